The Balaban J connectivity index is 2.05. The van der Waals surface area contributed by atoms with Gasteiger partial charge < -0.3 is 15.0 Å². The van der Waals surface area contributed by atoms with Crippen molar-refractivity contribution in [1.82, 2.24) is 14.4 Å². The molecule has 18 heavy (non-hydrogen) atoms. The van der Waals surface area contributed by atoms with Crippen LogP contribution in [0.1, 0.15) is 26.7 Å². The Morgan fingerprint density at radius 1 is 1.39 bits per heavy atom. The van der Waals surface area contributed by atoms with E-state index in [0.717, 1.165) is 23.9 Å². The van der Waals surface area contributed by atoms with Crippen molar-refractivity contribution in [3.8, 4) is 0 Å². The van der Waals surface area contributed by atoms with Crippen molar-refractivity contribution in [2.45, 2.75) is 32.7 Å². The largest absolute Gasteiger partial charge is 0.382 e. The Morgan fingerprint density at radius 2 is 2.22 bits per heavy atom. The molecule has 96 valence electrons. The van der Waals surface area contributed by atoms with Gasteiger partial charge in [0.15, 0.2) is 11.5 Å². The third kappa shape index (κ3) is 1.79. The Labute approximate surface area is 107 Å². The highest BCUT2D eigenvalue weighted by molar-refractivity contribution is 5.66. The lowest BCUT2D eigenvalue weighted by Crippen LogP contribution is -2.41. The SMILES string of the molecule is CC1CCN(c2nc(N)cn3ccnc23)C(C)C1. The van der Waals surface area contributed by atoms with E-state index in [-0.39, 0.29) is 0 Å². The van der Waals surface area contributed by atoms with Gasteiger partial charge in [-0.25, -0.2) is 9.97 Å². The van der Waals surface area contributed by atoms with Crippen LogP contribution in [-0.4, -0.2) is 27.0 Å². The van der Waals surface area contributed by atoms with Crippen molar-refractivity contribution in [3.05, 3.63) is 18.6 Å². The van der Waals surface area contributed by atoms with Gasteiger partial charge in [-0.05, 0) is 25.7 Å². The molecule has 3 heterocycles. The predicted octanol–water partition coefficient (Wildman–Crippen LogP) is 1.94. The molecule has 2 aromatic rings. The summed E-state index contributed by atoms with van der Waals surface area (Å²) in [5.74, 6) is 2.24. The Morgan fingerprint density at radius 3 is 3.00 bits per heavy atom. The molecule has 0 aliphatic carbocycles. The molecule has 1 aliphatic heterocycles. The van der Waals surface area contributed by atoms with Gasteiger partial charge in [0.2, 0.25) is 0 Å². The molecular weight excluding hydrogens is 226 g/mol. The van der Waals surface area contributed by atoms with Crippen LogP contribution in [0.3, 0.4) is 0 Å². The number of nitrogen functional groups attached to an aromatic ring is 1. The van der Waals surface area contributed by atoms with Crippen LogP contribution in [0.5, 0.6) is 0 Å². The first-order chi connectivity index (χ1) is 8.65. The number of piperidine rings is 1. The molecule has 0 saturated carbocycles. The van der Waals surface area contributed by atoms with E-state index in [9.17, 15) is 0 Å². The summed E-state index contributed by atoms with van der Waals surface area (Å²) < 4.78 is 1.95. The minimum absolute atomic E-state index is 0.489. The first-order valence-corrected chi connectivity index (χ1v) is 6.51. The smallest absolute Gasteiger partial charge is 0.180 e. The van der Waals surface area contributed by atoms with E-state index in [1.165, 1.54) is 12.8 Å². The van der Waals surface area contributed by atoms with E-state index in [1.807, 2.05) is 16.8 Å². The highest BCUT2D eigenvalue weighted by Gasteiger charge is 2.26. The quantitative estimate of drug-likeness (QED) is 0.834. The lowest BCUT2D eigenvalue weighted by atomic mass is 9.93. The van der Waals surface area contributed by atoms with Gasteiger partial charge in [0.1, 0.15) is 5.82 Å². The number of imidazole rings is 1. The van der Waals surface area contributed by atoms with Crippen molar-refractivity contribution < 1.29 is 0 Å². The van der Waals surface area contributed by atoms with Crippen LogP contribution >= 0.6 is 0 Å². The van der Waals surface area contributed by atoms with Gasteiger partial charge in [-0.3, -0.25) is 0 Å². The monoisotopic (exact) mass is 245 g/mol. The maximum absolute atomic E-state index is 5.88. The summed E-state index contributed by atoms with van der Waals surface area (Å²) in [6.45, 7) is 5.59. The molecule has 2 unspecified atom stereocenters. The van der Waals surface area contributed by atoms with Crippen LogP contribution in [-0.2, 0) is 0 Å². The summed E-state index contributed by atoms with van der Waals surface area (Å²) in [4.78, 5) is 11.2. The average molecular weight is 245 g/mol. The lowest BCUT2D eigenvalue weighted by Gasteiger charge is -2.37. The molecule has 2 N–H and O–H groups in total. The third-order valence-electron chi connectivity index (χ3n) is 3.79. The molecule has 2 aromatic heterocycles. The Kier molecular flexibility index (Phi) is 2.61. The molecule has 0 spiro atoms. The summed E-state index contributed by atoms with van der Waals surface area (Å²) in [5, 5.41) is 0. The number of rotatable bonds is 1. The second-order valence-electron chi connectivity index (χ2n) is 5.32. The lowest BCUT2D eigenvalue weighted by molar-refractivity contribution is 0.376. The van der Waals surface area contributed by atoms with Gasteiger partial charge in [0, 0.05) is 25.0 Å². The van der Waals surface area contributed by atoms with E-state index in [4.69, 9.17) is 5.73 Å². The van der Waals surface area contributed by atoms with Gasteiger partial charge in [0.25, 0.3) is 0 Å². The van der Waals surface area contributed by atoms with Crippen LogP contribution in [0.25, 0.3) is 5.65 Å². The topological polar surface area (TPSA) is 59.5 Å². The summed E-state index contributed by atoms with van der Waals surface area (Å²) in [7, 11) is 0. The molecule has 0 bridgehead atoms. The summed E-state index contributed by atoms with van der Waals surface area (Å²) >= 11 is 0. The Bertz CT molecular complexity index is 562. The average Bonchev–Trinajstić information content (AvgIpc) is 2.76. The van der Waals surface area contributed by atoms with Crippen molar-refractivity contribution in [3.63, 3.8) is 0 Å². The molecule has 2 atom stereocenters. The van der Waals surface area contributed by atoms with E-state index < -0.39 is 0 Å². The molecule has 3 rings (SSSR count). The normalized spacial score (nSPS) is 24.7. The summed E-state index contributed by atoms with van der Waals surface area (Å²) in [6.07, 6.45) is 7.91. The first kappa shape index (κ1) is 11.3. The van der Waals surface area contributed by atoms with Crippen molar-refractivity contribution in [2.24, 2.45) is 5.92 Å². The fraction of sp³-hybridized carbons (Fsp3) is 0.538. The standard InChI is InChI=1S/C13H19N5/c1-9-3-5-18(10(2)7-9)13-12-15-4-6-17(12)8-11(14)16-13/h4,6,8-10H,3,5,7,14H2,1-2H3. The van der Waals surface area contributed by atoms with Gasteiger partial charge in [-0.1, -0.05) is 6.92 Å². The molecule has 1 aliphatic rings. The molecule has 5 heteroatoms. The zero-order chi connectivity index (χ0) is 12.7. The van der Waals surface area contributed by atoms with E-state index in [1.54, 1.807) is 6.20 Å². The number of fused-ring (bicyclic) bond motifs is 1. The van der Waals surface area contributed by atoms with Crippen molar-refractivity contribution >= 4 is 17.3 Å². The maximum Gasteiger partial charge on any atom is 0.180 e. The second kappa shape index (κ2) is 4.15. The van der Waals surface area contributed by atoms with Crippen LogP contribution in [0, 0.1) is 5.92 Å². The Hall–Kier alpha value is -1.78. The van der Waals surface area contributed by atoms with Gasteiger partial charge in [0.05, 0.1) is 6.20 Å². The highest BCUT2D eigenvalue weighted by Crippen LogP contribution is 2.29. The van der Waals surface area contributed by atoms with Crippen LogP contribution in [0.2, 0.25) is 0 Å². The number of hydrogen-bond donors (Lipinski definition) is 1. The first-order valence-electron chi connectivity index (χ1n) is 6.51. The van der Waals surface area contributed by atoms with Crippen LogP contribution in [0.4, 0.5) is 11.6 Å². The third-order valence-corrected chi connectivity index (χ3v) is 3.79. The van der Waals surface area contributed by atoms with E-state index >= 15 is 0 Å². The maximum atomic E-state index is 5.88. The van der Waals surface area contributed by atoms with Crippen LogP contribution < -0.4 is 10.6 Å². The number of aromatic nitrogens is 3. The molecule has 5 nitrogen and oxygen atoms in total. The van der Waals surface area contributed by atoms with E-state index in [0.29, 0.717) is 11.9 Å². The zero-order valence-corrected chi connectivity index (χ0v) is 10.9. The molecule has 1 fully saturated rings. The molecular formula is C13H19N5. The minimum atomic E-state index is 0.489. The zero-order valence-electron chi connectivity index (χ0n) is 10.9. The van der Waals surface area contributed by atoms with Crippen LogP contribution in [0.15, 0.2) is 18.6 Å². The number of nitrogens with zero attached hydrogens (tertiary/aromatic N) is 4. The fourth-order valence-electron chi connectivity index (χ4n) is 2.85. The molecule has 1 saturated heterocycles. The number of nitrogens with two attached hydrogens (primary N) is 1. The summed E-state index contributed by atoms with van der Waals surface area (Å²) in [5.41, 5.74) is 6.77. The number of anilines is 2. The fourth-order valence-corrected chi connectivity index (χ4v) is 2.85. The summed E-state index contributed by atoms with van der Waals surface area (Å²) in [6, 6.07) is 0.489. The molecule has 0 aromatic carbocycles. The van der Waals surface area contributed by atoms with Crippen molar-refractivity contribution in [1.29, 1.82) is 0 Å². The van der Waals surface area contributed by atoms with E-state index in [2.05, 4.69) is 28.7 Å². The number of hydrogen-bond acceptors (Lipinski definition) is 4. The molecule has 0 amide bonds. The highest BCUT2D eigenvalue weighted by atomic mass is 15.3. The predicted molar refractivity (Wildman–Crippen MR) is 72.6 cm³/mol. The van der Waals surface area contributed by atoms with Gasteiger partial charge in [-0.15, -0.1) is 0 Å². The van der Waals surface area contributed by atoms with Gasteiger partial charge >= 0.3 is 0 Å². The minimum Gasteiger partial charge on any atom is -0.382 e. The molecule has 0 radical (unpaired) electrons. The van der Waals surface area contributed by atoms with Crippen molar-refractivity contribution in [2.75, 3.05) is 17.2 Å². The van der Waals surface area contributed by atoms with Gasteiger partial charge in [-0.2, -0.15) is 0 Å². The second-order valence-corrected chi connectivity index (χ2v) is 5.32.